The highest BCUT2D eigenvalue weighted by molar-refractivity contribution is 6.08. The van der Waals surface area contributed by atoms with E-state index in [1.54, 1.807) is 0 Å². The highest BCUT2D eigenvalue weighted by Crippen LogP contribution is 2.53. The van der Waals surface area contributed by atoms with Gasteiger partial charge in [-0.2, -0.15) is 0 Å². The minimum Gasteiger partial charge on any atom is -0.504 e. The molecule has 0 amide bonds. The van der Waals surface area contributed by atoms with Crippen LogP contribution in [0.5, 0.6) is 51.7 Å². The summed E-state index contributed by atoms with van der Waals surface area (Å²) in [4.78, 5) is 39.4. The standard InChI is InChI=1S/C27H22O18/c28-9-1-6(2-10(29)16(9)32)24(39)45-27-22(38)23-19(35)13(43-27)5-42-25(40)7-3-11(30)17(33)20(36)14(7)15-8(26(41)44-23)4-12(31)18(34)21(15)37/h1-4,13,19,22-23,27-38H,5H2/t13-,19+,22+,23-,27+/m0/s1. The summed E-state index contributed by atoms with van der Waals surface area (Å²) in [6.45, 7) is -0.947. The Morgan fingerprint density at radius 3 is 1.69 bits per heavy atom. The zero-order valence-electron chi connectivity index (χ0n) is 22.2. The lowest BCUT2D eigenvalue weighted by atomic mass is 9.91. The van der Waals surface area contributed by atoms with Crippen LogP contribution in [0.15, 0.2) is 24.3 Å². The van der Waals surface area contributed by atoms with Crippen LogP contribution < -0.4 is 0 Å². The Morgan fingerprint density at radius 1 is 0.667 bits per heavy atom. The number of carbonyl (C=O) groups is 3. The largest absolute Gasteiger partial charge is 0.504 e. The van der Waals surface area contributed by atoms with E-state index < -0.39 is 135 Å². The van der Waals surface area contributed by atoms with Gasteiger partial charge in [0.2, 0.25) is 17.8 Å². The SMILES string of the molecule is O=C(O[C@H]1O[C@H]2COC(=O)c3cc(O)c(O)c(O)c3-c3c(cc(O)c(O)c3O)C(=O)O[C@H]([C@H]1O)[C@@H]2O)c1cc(O)c(O)c(O)c1. The molecule has 1 saturated heterocycles. The van der Waals surface area contributed by atoms with Crippen LogP contribution in [0, 0.1) is 0 Å². The first-order valence-electron chi connectivity index (χ1n) is 12.5. The fraction of sp³-hybridized carbons (Fsp3) is 0.222. The number of ether oxygens (including phenoxy) is 4. The third-order valence-electron chi connectivity index (χ3n) is 6.99. The first kappa shape index (κ1) is 30.6. The Morgan fingerprint density at radius 2 is 1.16 bits per heavy atom. The van der Waals surface area contributed by atoms with E-state index in [1.807, 2.05) is 0 Å². The molecule has 0 unspecified atom stereocenters. The van der Waals surface area contributed by atoms with Crippen LogP contribution in [0.3, 0.4) is 0 Å². The van der Waals surface area contributed by atoms with E-state index in [0.29, 0.717) is 24.3 Å². The molecule has 0 saturated carbocycles. The van der Waals surface area contributed by atoms with E-state index in [-0.39, 0.29) is 0 Å². The average Bonchev–Trinajstić information content (AvgIpc) is 2.99. The molecular weight excluding hydrogens is 612 g/mol. The number of aromatic hydroxyl groups is 9. The lowest BCUT2D eigenvalue weighted by molar-refractivity contribution is -0.284. The quantitative estimate of drug-likeness (QED) is 0.0979. The van der Waals surface area contributed by atoms with Crippen molar-refractivity contribution >= 4 is 17.9 Å². The predicted octanol–water partition coefficient (Wildman–Crippen LogP) is -0.297. The van der Waals surface area contributed by atoms with E-state index in [0.717, 1.165) is 0 Å². The van der Waals surface area contributed by atoms with Gasteiger partial charge in [0.15, 0.2) is 52.5 Å². The zero-order chi connectivity index (χ0) is 33.1. The van der Waals surface area contributed by atoms with E-state index >= 15 is 0 Å². The first-order valence-corrected chi connectivity index (χ1v) is 12.5. The van der Waals surface area contributed by atoms with Gasteiger partial charge in [0.25, 0.3) is 0 Å². The third-order valence-corrected chi connectivity index (χ3v) is 6.99. The molecule has 3 aromatic rings. The van der Waals surface area contributed by atoms with Crippen molar-refractivity contribution < 1.29 is 89.5 Å². The molecule has 18 nitrogen and oxygen atoms in total. The molecule has 1 fully saturated rings. The maximum atomic E-state index is 13.5. The molecule has 11 N–H and O–H groups in total. The highest BCUT2D eigenvalue weighted by Gasteiger charge is 2.50. The van der Waals surface area contributed by atoms with Crippen LogP contribution in [-0.4, -0.2) is 111 Å². The molecule has 0 aromatic heterocycles. The van der Waals surface area contributed by atoms with Crippen LogP contribution in [0.1, 0.15) is 31.1 Å². The molecule has 238 valence electrons. The van der Waals surface area contributed by atoms with Crippen molar-refractivity contribution in [2.24, 2.45) is 0 Å². The van der Waals surface area contributed by atoms with Crippen molar-refractivity contribution in [3.05, 3.63) is 41.0 Å². The van der Waals surface area contributed by atoms with Crippen LogP contribution in [-0.2, 0) is 18.9 Å². The minimum absolute atomic E-state index is 0.508. The summed E-state index contributed by atoms with van der Waals surface area (Å²) in [7, 11) is 0. The maximum Gasteiger partial charge on any atom is 0.340 e. The lowest BCUT2D eigenvalue weighted by Gasteiger charge is -2.41. The van der Waals surface area contributed by atoms with E-state index in [2.05, 4.69) is 0 Å². The molecular formula is C27H22O18. The second kappa shape index (κ2) is 11.0. The molecule has 2 heterocycles. The number of rotatable bonds is 2. The fourth-order valence-electron chi connectivity index (χ4n) is 4.71. The van der Waals surface area contributed by atoms with Gasteiger partial charge < -0.3 is 75.1 Å². The van der Waals surface area contributed by atoms with Crippen molar-refractivity contribution in [2.75, 3.05) is 6.61 Å². The molecule has 0 radical (unpaired) electrons. The van der Waals surface area contributed by atoms with Gasteiger partial charge >= 0.3 is 17.9 Å². The molecule has 2 aliphatic heterocycles. The van der Waals surface area contributed by atoms with Crippen molar-refractivity contribution in [1.82, 2.24) is 0 Å². The van der Waals surface area contributed by atoms with Crippen LogP contribution >= 0.6 is 0 Å². The number of benzene rings is 3. The van der Waals surface area contributed by atoms with Gasteiger partial charge in [-0.25, -0.2) is 14.4 Å². The molecule has 2 bridgehead atoms. The molecule has 2 aliphatic rings. The minimum atomic E-state index is -2.22. The van der Waals surface area contributed by atoms with Gasteiger partial charge in [-0.1, -0.05) is 0 Å². The van der Waals surface area contributed by atoms with Gasteiger partial charge in [0.05, 0.1) is 16.7 Å². The van der Waals surface area contributed by atoms with Gasteiger partial charge in [-0.05, 0) is 24.3 Å². The Kier molecular flexibility index (Phi) is 7.49. The number of aliphatic hydroxyl groups is 2. The number of esters is 3. The summed E-state index contributed by atoms with van der Waals surface area (Å²) in [5.41, 5.74) is -4.12. The topological polar surface area (TPSA) is 311 Å². The number of phenolic OH excluding ortho intramolecular Hbond substituents is 9. The summed E-state index contributed by atoms with van der Waals surface area (Å²) >= 11 is 0. The number of cyclic esters (lactones) is 1. The maximum absolute atomic E-state index is 13.5. The monoisotopic (exact) mass is 634 g/mol. The third kappa shape index (κ3) is 5.07. The van der Waals surface area contributed by atoms with E-state index in [1.165, 1.54) is 0 Å². The van der Waals surface area contributed by atoms with Crippen molar-refractivity contribution in [1.29, 1.82) is 0 Å². The van der Waals surface area contributed by atoms with Crippen molar-refractivity contribution in [2.45, 2.75) is 30.7 Å². The number of carbonyl (C=O) groups excluding carboxylic acids is 3. The molecule has 18 heteroatoms. The fourth-order valence-corrected chi connectivity index (χ4v) is 4.71. The molecule has 5 atom stereocenters. The Bertz CT molecular complexity index is 1730. The van der Waals surface area contributed by atoms with Crippen LogP contribution in [0.25, 0.3) is 11.1 Å². The summed E-state index contributed by atoms with van der Waals surface area (Å²) in [6.07, 6.45) is -10.2. The van der Waals surface area contributed by atoms with Gasteiger partial charge in [-0.3, -0.25) is 0 Å². The normalized spacial score (nSPS) is 22.9. The Labute approximate surface area is 248 Å². The van der Waals surface area contributed by atoms with Gasteiger partial charge in [0, 0.05) is 11.1 Å². The van der Waals surface area contributed by atoms with Gasteiger partial charge in [-0.15, -0.1) is 0 Å². The number of phenols is 9. The number of aliphatic hydroxyl groups excluding tert-OH is 2. The van der Waals surface area contributed by atoms with E-state index in [4.69, 9.17) is 18.9 Å². The molecule has 0 aliphatic carbocycles. The second-order valence-corrected chi connectivity index (χ2v) is 9.79. The summed E-state index contributed by atoms with van der Waals surface area (Å²) in [6, 6.07) is 2.45. The van der Waals surface area contributed by atoms with Crippen LogP contribution in [0.4, 0.5) is 0 Å². The number of fused-ring (bicyclic) bond motifs is 5. The summed E-state index contributed by atoms with van der Waals surface area (Å²) < 4.78 is 20.8. The molecule has 45 heavy (non-hydrogen) atoms. The van der Waals surface area contributed by atoms with Crippen molar-refractivity contribution in [3.8, 4) is 62.9 Å². The lowest BCUT2D eigenvalue weighted by Crippen LogP contribution is -2.61. The summed E-state index contributed by atoms with van der Waals surface area (Å²) in [5.74, 6) is -14.5. The molecule has 3 aromatic carbocycles. The highest BCUT2D eigenvalue weighted by atomic mass is 16.7. The molecule has 0 spiro atoms. The average molecular weight is 634 g/mol. The Balaban J connectivity index is 1.61. The van der Waals surface area contributed by atoms with Crippen molar-refractivity contribution in [3.63, 3.8) is 0 Å². The number of hydrogen-bond donors (Lipinski definition) is 11. The van der Waals surface area contributed by atoms with E-state index in [9.17, 15) is 70.6 Å². The smallest absolute Gasteiger partial charge is 0.340 e. The summed E-state index contributed by atoms with van der Waals surface area (Å²) in [5, 5.41) is 113. The second-order valence-electron chi connectivity index (χ2n) is 9.79. The zero-order valence-corrected chi connectivity index (χ0v) is 22.2. The number of hydrogen-bond acceptors (Lipinski definition) is 18. The predicted molar refractivity (Wildman–Crippen MR) is 139 cm³/mol. The Hall–Kier alpha value is -5.85. The molecule has 5 rings (SSSR count). The first-order chi connectivity index (χ1) is 21.1. The van der Waals surface area contributed by atoms with Crippen LogP contribution in [0.2, 0.25) is 0 Å². The van der Waals surface area contributed by atoms with Gasteiger partial charge in [0.1, 0.15) is 18.8 Å².